The third kappa shape index (κ3) is 3.10. The molecule has 0 bridgehead atoms. The summed E-state index contributed by atoms with van der Waals surface area (Å²) in [7, 11) is 0. The maximum atomic E-state index is 13.9. The van der Waals surface area contributed by atoms with Gasteiger partial charge in [0.15, 0.2) is 5.82 Å². The Morgan fingerprint density at radius 2 is 1.58 bits per heavy atom. The molecule has 162 valence electrons. The number of para-hydroxylation sites is 2. The molecule has 2 aromatic heterocycles. The number of alkyl halides is 2. The molecule has 6 rings (SSSR count). The third-order valence-electron chi connectivity index (χ3n) is 6.21. The summed E-state index contributed by atoms with van der Waals surface area (Å²) in [5, 5.41) is 3.32. The number of aromatic nitrogens is 5. The van der Waals surface area contributed by atoms with Crippen LogP contribution in [0.25, 0.3) is 17.0 Å². The van der Waals surface area contributed by atoms with Crippen LogP contribution in [0.15, 0.2) is 24.3 Å². The van der Waals surface area contributed by atoms with Gasteiger partial charge in [-0.05, 0) is 12.1 Å². The zero-order valence-electron chi connectivity index (χ0n) is 16.8. The van der Waals surface area contributed by atoms with Gasteiger partial charge in [-0.15, -0.1) is 0 Å². The first-order valence-electron chi connectivity index (χ1n) is 10.4. The van der Waals surface area contributed by atoms with Crippen LogP contribution < -0.4 is 15.1 Å². The summed E-state index contributed by atoms with van der Waals surface area (Å²) in [6.07, 6.45) is -2.76. The number of rotatable bonds is 4. The van der Waals surface area contributed by atoms with E-state index >= 15 is 0 Å². The van der Waals surface area contributed by atoms with Gasteiger partial charge in [-0.3, -0.25) is 4.57 Å². The number of imidazole rings is 1. The molecular weight excluding hydrogens is 406 g/mol. The van der Waals surface area contributed by atoms with Gasteiger partial charge >= 0.3 is 0 Å². The van der Waals surface area contributed by atoms with E-state index in [1.54, 1.807) is 24.3 Å². The highest BCUT2D eigenvalue weighted by atomic mass is 19.3. The van der Waals surface area contributed by atoms with Gasteiger partial charge in [-0.1, -0.05) is 12.1 Å². The summed E-state index contributed by atoms with van der Waals surface area (Å²) in [5.74, 6) is 0.800. The number of anilines is 2. The molecule has 0 atom stereocenters. The van der Waals surface area contributed by atoms with Crippen molar-refractivity contribution in [2.45, 2.75) is 6.43 Å². The van der Waals surface area contributed by atoms with Crippen molar-refractivity contribution in [1.82, 2.24) is 29.8 Å². The van der Waals surface area contributed by atoms with E-state index in [1.165, 1.54) is 4.57 Å². The quantitative estimate of drug-likeness (QED) is 0.668. The second-order valence-electron chi connectivity index (χ2n) is 8.39. The minimum Gasteiger partial charge on any atom is -0.378 e. The largest absolute Gasteiger partial charge is 0.378 e. The molecule has 0 saturated carbocycles. The zero-order chi connectivity index (χ0) is 21.0. The lowest BCUT2D eigenvalue weighted by Gasteiger charge is -2.56. The predicted octanol–water partition coefficient (Wildman–Crippen LogP) is 1.39. The highest BCUT2D eigenvalue weighted by Crippen LogP contribution is 2.37. The van der Waals surface area contributed by atoms with Crippen molar-refractivity contribution in [3.05, 3.63) is 30.1 Å². The Morgan fingerprint density at radius 3 is 2.26 bits per heavy atom. The van der Waals surface area contributed by atoms with Gasteiger partial charge in [-0.25, -0.2) is 13.8 Å². The molecule has 3 aromatic rings. The second kappa shape index (κ2) is 7.06. The van der Waals surface area contributed by atoms with E-state index in [-0.39, 0.29) is 17.2 Å². The van der Waals surface area contributed by atoms with Crippen LogP contribution in [0.1, 0.15) is 12.2 Å². The summed E-state index contributed by atoms with van der Waals surface area (Å²) in [6, 6.07) is 7.04. The van der Waals surface area contributed by atoms with E-state index in [0.29, 0.717) is 49.2 Å². The van der Waals surface area contributed by atoms with Crippen molar-refractivity contribution < 1.29 is 13.5 Å². The Balaban J connectivity index is 1.47. The van der Waals surface area contributed by atoms with Gasteiger partial charge in [0, 0.05) is 44.7 Å². The topological polar surface area (TPSA) is 84.2 Å². The van der Waals surface area contributed by atoms with Crippen molar-refractivity contribution in [3.63, 3.8) is 0 Å². The summed E-state index contributed by atoms with van der Waals surface area (Å²) < 4.78 is 34.6. The summed E-state index contributed by atoms with van der Waals surface area (Å²) >= 11 is 0. The highest BCUT2D eigenvalue weighted by molar-refractivity contribution is 5.77. The van der Waals surface area contributed by atoms with Crippen LogP contribution in [0.5, 0.6) is 0 Å². The average Bonchev–Trinajstić information content (AvgIpc) is 3.12. The number of halogens is 2. The fraction of sp³-hybridized carbons (Fsp3) is 0.500. The van der Waals surface area contributed by atoms with Gasteiger partial charge in [-0.2, -0.15) is 15.0 Å². The second-order valence-corrected chi connectivity index (χ2v) is 8.39. The van der Waals surface area contributed by atoms with Crippen LogP contribution in [0, 0.1) is 5.41 Å². The molecule has 1 N–H and O–H groups in total. The van der Waals surface area contributed by atoms with E-state index in [9.17, 15) is 8.78 Å². The molecule has 3 fully saturated rings. The van der Waals surface area contributed by atoms with Crippen molar-refractivity contribution >= 4 is 22.9 Å². The highest BCUT2D eigenvalue weighted by Gasteiger charge is 2.48. The molecule has 0 aliphatic carbocycles. The molecule has 0 unspecified atom stereocenters. The third-order valence-corrected chi connectivity index (χ3v) is 6.21. The smallest absolute Gasteiger partial charge is 0.296 e. The number of hydrogen-bond donors (Lipinski definition) is 1. The monoisotopic (exact) mass is 428 g/mol. The van der Waals surface area contributed by atoms with Crippen molar-refractivity contribution in [2.24, 2.45) is 5.41 Å². The number of nitrogens with one attached hydrogen (secondary N) is 1. The number of hydrogen-bond acceptors (Lipinski definition) is 8. The van der Waals surface area contributed by atoms with Crippen LogP contribution >= 0.6 is 0 Å². The molecule has 3 saturated heterocycles. The molecule has 0 radical (unpaired) electrons. The molecular formula is C20H22F2N8O. The lowest BCUT2D eigenvalue weighted by atomic mass is 9.75. The minimum atomic E-state index is -2.76. The Hall–Kier alpha value is -2.92. The van der Waals surface area contributed by atoms with Crippen LogP contribution in [0.4, 0.5) is 20.7 Å². The molecule has 3 aliphatic rings. The van der Waals surface area contributed by atoms with Crippen LogP contribution in [0.2, 0.25) is 0 Å². The molecule has 9 nitrogen and oxygen atoms in total. The van der Waals surface area contributed by atoms with Crippen molar-refractivity contribution in [3.8, 4) is 5.95 Å². The van der Waals surface area contributed by atoms with E-state index < -0.39 is 6.43 Å². The summed E-state index contributed by atoms with van der Waals surface area (Å²) in [4.78, 5) is 22.2. The van der Waals surface area contributed by atoms with Gasteiger partial charge in [0.25, 0.3) is 6.43 Å². The first-order chi connectivity index (χ1) is 15.1. The Labute approximate surface area is 177 Å². The number of nitrogens with zero attached hydrogens (tertiary/aromatic N) is 7. The summed E-state index contributed by atoms with van der Waals surface area (Å²) in [6.45, 7) is 6.10. The Bertz CT molecular complexity index is 1120. The van der Waals surface area contributed by atoms with E-state index in [4.69, 9.17) is 9.72 Å². The van der Waals surface area contributed by atoms with Crippen LogP contribution in [-0.2, 0) is 4.74 Å². The number of benzene rings is 1. The van der Waals surface area contributed by atoms with Crippen molar-refractivity contribution in [1.29, 1.82) is 0 Å². The zero-order valence-corrected chi connectivity index (χ0v) is 16.8. The van der Waals surface area contributed by atoms with Crippen LogP contribution in [0.3, 0.4) is 0 Å². The number of ether oxygens (including phenoxy) is 1. The lowest BCUT2D eigenvalue weighted by Crippen LogP contribution is -2.71. The fourth-order valence-corrected chi connectivity index (χ4v) is 4.50. The molecule has 1 spiro atoms. The van der Waals surface area contributed by atoms with Gasteiger partial charge in [0.2, 0.25) is 17.8 Å². The van der Waals surface area contributed by atoms with E-state index in [1.807, 2.05) is 4.90 Å². The first-order valence-corrected chi connectivity index (χ1v) is 10.4. The molecule has 1 aromatic carbocycles. The molecule has 31 heavy (non-hydrogen) atoms. The normalized spacial score (nSPS) is 20.4. The molecule has 0 amide bonds. The Kier molecular flexibility index (Phi) is 4.29. The number of fused-ring (bicyclic) bond motifs is 1. The van der Waals surface area contributed by atoms with E-state index in [2.05, 4.69) is 25.2 Å². The fourth-order valence-electron chi connectivity index (χ4n) is 4.50. The lowest BCUT2D eigenvalue weighted by molar-refractivity contribution is 0.118. The summed E-state index contributed by atoms with van der Waals surface area (Å²) in [5.41, 5.74) is 1.31. The van der Waals surface area contributed by atoms with Gasteiger partial charge in [0.1, 0.15) is 0 Å². The maximum absolute atomic E-state index is 13.9. The maximum Gasteiger partial charge on any atom is 0.296 e. The van der Waals surface area contributed by atoms with Gasteiger partial charge in [0.05, 0.1) is 24.2 Å². The molecule has 3 aliphatic heterocycles. The number of morpholine rings is 1. The molecule has 11 heteroatoms. The van der Waals surface area contributed by atoms with Gasteiger partial charge < -0.3 is 19.9 Å². The van der Waals surface area contributed by atoms with Crippen LogP contribution in [-0.4, -0.2) is 77.0 Å². The average molecular weight is 428 g/mol. The minimum absolute atomic E-state index is 0.170. The van der Waals surface area contributed by atoms with Crippen molar-refractivity contribution in [2.75, 3.05) is 62.3 Å². The molecule has 5 heterocycles. The standard InChI is InChI=1S/C20H22F2N8O/c21-15(22)16-24-13-3-1-2-4-14(13)30(16)19-26-17(28-5-7-31-8-6-28)25-18(27-19)29-11-20(12-29)9-23-10-20/h1-4,15,23H,5-12H2. The predicted molar refractivity (Wildman–Crippen MR) is 110 cm³/mol. The first kappa shape index (κ1) is 18.8. The Morgan fingerprint density at radius 1 is 0.903 bits per heavy atom. The van der Waals surface area contributed by atoms with E-state index in [0.717, 1.165) is 26.2 Å². The SMILES string of the molecule is FC(F)c1nc2ccccc2n1-c1nc(N2CCOCC2)nc(N2CC3(CNC3)C2)n1.